The SMILES string of the molecule is CC(C)C(NCc1cn(C)nn1)c1ccccc1. The van der Waals surface area contributed by atoms with Crippen LogP contribution in [0.15, 0.2) is 36.5 Å². The van der Waals surface area contributed by atoms with Crippen LogP contribution in [0.3, 0.4) is 0 Å². The van der Waals surface area contributed by atoms with E-state index in [0.29, 0.717) is 12.0 Å². The Labute approximate surface area is 108 Å². The van der Waals surface area contributed by atoms with Gasteiger partial charge in [0.1, 0.15) is 0 Å². The van der Waals surface area contributed by atoms with Gasteiger partial charge in [-0.25, -0.2) is 0 Å². The molecule has 0 saturated heterocycles. The fraction of sp³-hybridized carbons (Fsp3) is 0.429. The van der Waals surface area contributed by atoms with E-state index < -0.39 is 0 Å². The van der Waals surface area contributed by atoms with Gasteiger partial charge in [0.2, 0.25) is 0 Å². The van der Waals surface area contributed by atoms with Crippen LogP contribution >= 0.6 is 0 Å². The third-order valence-corrected chi connectivity index (χ3v) is 2.98. The molecule has 0 aliphatic carbocycles. The van der Waals surface area contributed by atoms with Crippen LogP contribution in [0.1, 0.15) is 31.1 Å². The second-order valence-electron chi connectivity index (χ2n) is 4.90. The van der Waals surface area contributed by atoms with Gasteiger partial charge >= 0.3 is 0 Å². The third kappa shape index (κ3) is 3.17. The second-order valence-corrected chi connectivity index (χ2v) is 4.90. The van der Waals surface area contributed by atoms with Gasteiger partial charge in [-0.15, -0.1) is 5.10 Å². The minimum atomic E-state index is 0.341. The van der Waals surface area contributed by atoms with E-state index in [9.17, 15) is 0 Å². The van der Waals surface area contributed by atoms with Gasteiger partial charge in [-0.2, -0.15) is 0 Å². The van der Waals surface area contributed by atoms with Crippen molar-refractivity contribution < 1.29 is 0 Å². The van der Waals surface area contributed by atoms with Gasteiger partial charge in [-0.1, -0.05) is 49.4 Å². The van der Waals surface area contributed by atoms with Crippen molar-refractivity contribution in [1.29, 1.82) is 0 Å². The maximum absolute atomic E-state index is 4.09. The Hall–Kier alpha value is -1.68. The Morgan fingerprint density at radius 1 is 1.22 bits per heavy atom. The van der Waals surface area contributed by atoms with Gasteiger partial charge in [-0.3, -0.25) is 4.68 Å². The molecule has 1 aromatic heterocycles. The Morgan fingerprint density at radius 3 is 2.50 bits per heavy atom. The van der Waals surface area contributed by atoms with Crippen LogP contribution in [0, 0.1) is 5.92 Å². The predicted molar refractivity (Wildman–Crippen MR) is 71.9 cm³/mol. The molecular weight excluding hydrogens is 224 g/mol. The molecule has 1 N–H and O–H groups in total. The molecule has 2 rings (SSSR count). The summed E-state index contributed by atoms with van der Waals surface area (Å²) in [4.78, 5) is 0. The minimum Gasteiger partial charge on any atom is -0.304 e. The highest BCUT2D eigenvalue weighted by molar-refractivity contribution is 5.19. The lowest BCUT2D eigenvalue weighted by molar-refractivity contribution is 0.408. The summed E-state index contributed by atoms with van der Waals surface area (Å²) < 4.78 is 1.73. The minimum absolute atomic E-state index is 0.341. The molecule has 1 aromatic carbocycles. The largest absolute Gasteiger partial charge is 0.304 e. The molecule has 18 heavy (non-hydrogen) atoms. The maximum atomic E-state index is 4.09. The number of hydrogen-bond donors (Lipinski definition) is 1. The average molecular weight is 244 g/mol. The molecule has 0 fully saturated rings. The standard InChI is InChI=1S/C14H20N4/c1-11(2)14(12-7-5-4-6-8-12)15-9-13-10-18(3)17-16-13/h4-8,10-11,14-15H,9H2,1-3H3. The molecule has 0 saturated carbocycles. The summed E-state index contributed by atoms with van der Waals surface area (Å²) in [5.74, 6) is 0.532. The van der Waals surface area contributed by atoms with Gasteiger partial charge in [0.05, 0.1) is 5.69 Å². The normalized spacial score (nSPS) is 12.9. The quantitative estimate of drug-likeness (QED) is 0.877. The molecule has 96 valence electrons. The maximum Gasteiger partial charge on any atom is 0.0964 e. The Balaban J connectivity index is 2.03. The van der Waals surface area contributed by atoms with Crippen molar-refractivity contribution in [2.75, 3.05) is 0 Å². The van der Waals surface area contributed by atoms with Gasteiger partial charge in [0.25, 0.3) is 0 Å². The van der Waals surface area contributed by atoms with Crippen molar-refractivity contribution in [3.8, 4) is 0 Å². The highest BCUT2D eigenvalue weighted by Crippen LogP contribution is 2.21. The summed E-state index contributed by atoms with van der Waals surface area (Å²) in [5.41, 5.74) is 2.29. The molecule has 0 aliphatic rings. The molecule has 1 atom stereocenters. The van der Waals surface area contributed by atoms with Crippen molar-refractivity contribution in [2.24, 2.45) is 13.0 Å². The molecule has 0 bridgehead atoms. The second kappa shape index (κ2) is 5.78. The van der Waals surface area contributed by atoms with E-state index in [1.54, 1.807) is 4.68 Å². The first-order valence-electron chi connectivity index (χ1n) is 6.30. The zero-order valence-electron chi connectivity index (χ0n) is 11.2. The van der Waals surface area contributed by atoms with E-state index >= 15 is 0 Å². The number of aromatic nitrogens is 3. The smallest absolute Gasteiger partial charge is 0.0964 e. The van der Waals surface area contributed by atoms with E-state index in [0.717, 1.165) is 12.2 Å². The van der Waals surface area contributed by atoms with Crippen LogP contribution in [-0.4, -0.2) is 15.0 Å². The molecule has 1 heterocycles. The molecule has 0 amide bonds. The van der Waals surface area contributed by atoms with E-state index in [1.165, 1.54) is 5.56 Å². The number of aryl methyl sites for hydroxylation is 1. The molecule has 4 nitrogen and oxygen atoms in total. The van der Waals surface area contributed by atoms with Crippen molar-refractivity contribution in [1.82, 2.24) is 20.3 Å². The zero-order valence-corrected chi connectivity index (χ0v) is 11.2. The molecule has 4 heteroatoms. The topological polar surface area (TPSA) is 42.7 Å². The number of nitrogens with one attached hydrogen (secondary N) is 1. The Morgan fingerprint density at radius 2 is 1.94 bits per heavy atom. The van der Waals surface area contributed by atoms with Crippen molar-refractivity contribution in [3.63, 3.8) is 0 Å². The lowest BCUT2D eigenvalue weighted by atomic mass is 9.96. The summed E-state index contributed by atoms with van der Waals surface area (Å²) in [6.45, 7) is 5.19. The van der Waals surface area contributed by atoms with Gasteiger partial charge in [0.15, 0.2) is 0 Å². The summed E-state index contributed by atoms with van der Waals surface area (Å²) in [6.07, 6.45) is 1.94. The molecular formula is C14H20N4. The van der Waals surface area contributed by atoms with Crippen LogP contribution in [0.25, 0.3) is 0 Å². The fourth-order valence-corrected chi connectivity index (χ4v) is 2.09. The van der Waals surface area contributed by atoms with Gasteiger partial charge < -0.3 is 5.32 Å². The lowest BCUT2D eigenvalue weighted by Gasteiger charge is -2.22. The number of rotatable bonds is 5. The van der Waals surface area contributed by atoms with Crippen molar-refractivity contribution >= 4 is 0 Å². The lowest BCUT2D eigenvalue weighted by Crippen LogP contribution is -2.25. The summed E-state index contributed by atoms with van der Waals surface area (Å²) in [7, 11) is 1.88. The number of hydrogen-bond acceptors (Lipinski definition) is 3. The van der Waals surface area contributed by atoms with Crippen LogP contribution in [0.5, 0.6) is 0 Å². The molecule has 0 radical (unpaired) electrons. The van der Waals surface area contributed by atoms with E-state index in [-0.39, 0.29) is 0 Å². The van der Waals surface area contributed by atoms with Crippen molar-refractivity contribution in [3.05, 3.63) is 47.8 Å². The number of benzene rings is 1. The Kier molecular flexibility index (Phi) is 4.10. The first kappa shape index (κ1) is 12.8. The molecule has 1 unspecified atom stereocenters. The fourth-order valence-electron chi connectivity index (χ4n) is 2.09. The first-order chi connectivity index (χ1) is 8.66. The van der Waals surface area contributed by atoms with Crippen LogP contribution in [0.4, 0.5) is 0 Å². The van der Waals surface area contributed by atoms with Crippen LogP contribution < -0.4 is 5.32 Å². The molecule has 0 spiro atoms. The zero-order chi connectivity index (χ0) is 13.0. The van der Waals surface area contributed by atoms with E-state index in [4.69, 9.17) is 0 Å². The summed E-state index contributed by atoms with van der Waals surface area (Å²) in [6, 6.07) is 10.9. The van der Waals surface area contributed by atoms with Crippen LogP contribution in [0.2, 0.25) is 0 Å². The van der Waals surface area contributed by atoms with Crippen molar-refractivity contribution in [2.45, 2.75) is 26.4 Å². The van der Waals surface area contributed by atoms with Crippen LogP contribution in [-0.2, 0) is 13.6 Å². The van der Waals surface area contributed by atoms with E-state index in [1.807, 2.05) is 19.3 Å². The van der Waals surface area contributed by atoms with E-state index in [2.05, 4.69) is 53.7 Å². The monoisotopic (exact) mass is 244 g/mol. The first-order valence-corrected chi connectivity index (χ1v) is 6.30. The summed E-state index contributed by atoms with van der Waals surface area (Å²) in [5, 5.41) is 11.6. The molecule has 0 aliphatic heterocycles. The van der Waals surface area contributed by atoms with Gasteiger partial charge in [0, 0.05) is 25.8 Å². The number of nitrogens with zero attached hydrogens (tertiary/aromatic N) is 3. The molecule has 2 aromatic rings. The Bertz CT molecular complexity index is 476. The average Bonchev–Trinajstić information content (AvgIpc) is 2.76. The van der Waals surface area contributed by atoms with Gasteiger partial charge in [-0.05, 0) is 11.5 Å². The predicted octanol–water partition coefficient (Wildman–Crippen LogP) is 2.30. The highest BCUT2D eigenvalue weighted by Gasteiger charge is 2.15. The highest BCUT2D eigenvalue weighted by atomic mass is 15.4. The third-order valence-electron chi connectivity index (χ3n) is 2.98. The summed E-state index contributed by atoms with van der Waals surface area (Å²) >= 11 is 0.